The zero-order valence-corrected chi connectivity index (χ0v) is 9.99. The number of nitrogens with zero attached hydrogens (tertiary/aromatic N) is 3. The molecule has 3 rings (SSSR count). The maximum absolute atomic E-state index is 10.9. The Hall–Kier alpha value is -2.64. The predicted octanol–water partition coefficient (Wildman–Crippen LogP) is 0.926. The molecule has 0 spiro atoms. The fraction of sp³-hybridized carbons (Fsp3) is 0.273. The molecule has 3 heterocycles. The first-order chi connectivity index (χ1) is 9.20. The lowest BCUT2D eigenvalue weighted by Crippen LogP contribution is -2.08. The third-order valence-corrected chi connectivity index (χ3v) is 2.43. The molecular weight excluding hydrogens is 252 g/mol. The van der Waals surface area contributed by atoms with Crippen molar-refractivity contribution in [3.63, 3.8) is 0 Å². The molecule has 0 saturated heterocycles. The number of nitrogens with one attached hydrogen (secondary N) is 1. The molecule has 0 aliphatic carbocycles. The van der Waals surface area contributed by atoms with Gasteiger partial charge in [-0.3, -0.25) is 4.98 Å². The maximum atomic E-state index is 10.9. The molecular formula is C11H10N4O4. The lowest BCUT2D eigenvalue weighted by atomic mass is 10.2. The second kappa shape index (κ2) is 4.56. The third kappa shape index (κ3) is 2.46. The smallest absolute Gasteiger partial charge is 0.434 e. The molecule has 2 aromatic rings. The number of oxime groups is 1. The van der Waals surface area contributed by atoms with E-state index < -0.39 is 5.76 Å². The first kappa shape index (κ1) is 11.5. The van der Waals surface area contributed by atoms with Crippen molar-refractivity contribution in [3.8, 4) is 17.2 Å². The van der Waals surface area contributed by atoms with Crippen LogP contribution in [-0.2, 0) is 4.84 Å². The van der Waals surface area contributed by atoms with Crippen molar-refractivity contribution in [2.45, 2.75) is 19.4 Å². The van der Waals surface area contributed by atoms with E-state index in [4.69, 9.17) is 14.0 Å². The van der Waals surface area contributed by atoms with Crippen LogP contribution in [0.1, 0.15) is 13.3 Å². The average molecular weight is 262 g/mol. The number of ether oxygens (including phenoxy) is 1. The summed E-state index contributed by atoms with van der Waals surface area (Å²) in [6.45, 7) is 1.90. The van der Waals surface area contributed by atoms with Crippen LogP contribution in [0.5, 0.6) is 5.75 Å². The van der Waals surface area contributed by atoms with Crippen LogP contribution in [0.2, 0.25) is 0 Å². The van der Waals surface area contributed by atoms with E-state index in [1.54, 1.807) is 6.07 Å². The summed E-state index contributed by atoms with van der Waals surface area (Å²) >= 11 is 0. The second-order valence-electron chi connectivity index (χ2n) is 4.03. The molecule has 19 heavy (non-hydrogen) atoms. The van der Waals surface area contributed by atoms with Crippen molar-refractivity contribution in [1.29, 1.82) is 0 Å². The van der Waals surface area contributed by atoms with E-state index in [0.717, 1.165) is 0 Å². The summed E-state index contributed by atoms with van der Waals surface area (Å²) in [6.07, 6.45) is 3.65. The topological polar surface area (TPSA) is 103 Å². The molecule has 1 aliphatic rings. The van der Waals surface area contributed by atoms with Gasteiger partial charge in [-0.1, -0.05) is 5.16 Å². The fourth-order valence-corrected chi connectivity index (χ4v) is 1.61. The standard InChI is InChI=1S/C11H10N4O4/c1-6-2-9(15-19-6)17-8-3-7(4-12-5-8)10-13-14-11(16)18-10/h3-6H,2H2,1H3,(H,14,16). The first-order valence-corrected chi connectivity index (χ1v) is 5.62. The Morgan fingerprint density at radius 3 is 3.05 bits per heavy atom. The minimum absolute atomic E-state index is 0.00973. The molecule has 2 aromatic heterocycles. The summed E-state index contributed by atoms with van der Waals surface area (Å²) in [7, 11) is 0. The van der Waals surface area contributed by atoms with Gasteiger partial charge in [0.05, 0.1) is 18.2 Å². The normalized spacial score (nSPS) is 17.9. The Bertz CT molecular complexity index is 675. The number of pyridine rings is 1. The van der Waals surface area contributed by atoms with Crippen molar-refractivity contribution in [2.75, 3.05) is 0 Å². The molecule has 1 atom stereocenters. The van der Waals surface area contributed by atoms with Gasteiger partial charge in [0.15, 0.2) is 0 Å². The van der Waals surface area contributed by atoms with Crippen molar-refractivity contribution in [3.05, 3.63) is 29.0 Å². The van der Waals surface area contributed by atoms with Gasteiger partial charge in [-0.05, 0) is 13.0 Å². The van der Waals surface area contributed by atoms with Crippen LogP contribution in [0.15, 0.2) is 32.8 Å². The van der Waals surface area contributed by atoms with Gasteiger partial charge in [0.1, 0.15) is 11.9 Å². The zero-order valence-electron chi connectivity index (χ0n) is 9.99. The fourth-order valence-electron chi connectivity index (χ4n) is 1.61. The van der Waals surface area contributed by atoms with Gasteiger partial charge in [-0.2, -0.15) is 0 Å². The first-order valence-electron chi connectivity index (χ1n) is 5.62. The summed E-state index contributed by atoms with van der Waals surface area (Å²) < 4.78 is 10.4. The zero-order chi connectivity index (χ0) is 13.2. The minimum atomic E-state index is -0.622. The molecule has 0 bridgehead atoms. The molecule has 1 N–H and O–H groups in total. The van der Waals surface area contributed by atoms with E-state index in [2.05, 4.69) is 20.3 Å². The summed E-state index contributed by atoms with van der Waals surface area (Å²) in [5.74, 6) is 0.485. The highest BCUT2D eigenvalue weighted by molar-refractivity contribution is 5.79. The van der Waals surface area contributed by atoms with Crippen molar-refractivity contribution < 1.29 is 14.0 Å². The maximum Gasteiger partial charge on any atom is 0.434 e. The second-order valence-corrected chi connectivity index (χ2v) is 4.03. The van der Waals surface area contributed by atoms with Gasteiger partial charge in [0, 0.05) is 6.20 Å². The number of hydrogen-bond acceptors (Lipinski definition) is 7. The molecule has 0 amide bonds. The number of rotatable bonds is 2. The molecule has 98 valence electrons. The van der Waals surface area contributed by atoms with Crippen LogP contribution in [0.25, 0.3) is 11.5 Å². The van der Waals surface area contributed by atoms with Gasteiger partial charge in [0.2, 0.25) is 5.90 Å². The number of hydrogen-bond donors (Lipinski definition) is 1. The lowest BCUT2D eigenvalue weighted by Gasteiger charge is -2.03. The number of aromatic amines is 1. The molecule has 8 heteroatoms. The van der Waals surface area contributed by atoms with E-state index in [1.807, 2.05) is 6.92 Å². The summed E-state index contributed by atoms with van der Waals surface area (Å²) in [5.41, 5.74) is 0.531. The number of aromatic nitrogens is 3. The molecule has 0 radical (unpaired) electrons. The highest BCUT2D eigenvalue weighted by Gasteiger charge is 2.18. The van der Waals surface area contributed by atoms with Crippen LogP contribution < -0.4 is 10.5 Å². The Morgan fingerprint density at radius 1 is 1.47 bits per heavy atom. The van der Waals surface area contributed by atoms with Gasteiger partial charge in [-0.25, -0.2) is 9.89 Å². The Morgan fingerprint density at radius 2 is 2.37 bits per heavy atom. The monoisotopic (exact) mass is 262 g/mol. The summed E-state index contributed by atoms with van der Waals surface area (Å²) in [5, 5.41) is 9.69. The van der Waals surface area contributed by atoms with Crippen LogP contribution in [-0.4, -0.2) is 27.2 Å². The molecule has 1 unspecified atom stereocenters. The Balaban J connectivity index is 1.82. The summed E-state index contributed by atoms with van der Waals surface area (Å²) in [4.78, 5) is 19.9. The number of H-pyrrole nitrogens is 1. The van der Waals surface area contributed by atoms with E-state index in [1.165, 1.54) is 12.4 Å². The molecule has 8 nitrogen and oxygen atoms in total. The van der Waals surface area contributed by atoms with E-state index in [-0.39, 0.29) is 12.0 Å². The molecule has 0 fully saturated rings. The van der Waals surface area contributed by atoms with Crippen LogP contribution in [0, 0.1) is 0 Å². The van der Waals surface area contributed by atoms with Crippen molar-refractivity contribution >= 4 is 5.90 Å². The minimum Gasteiger partial charge on any atom is -0.438 e. The largest absolute Gasteiger partial charge is 0.438 e. The van der Waals surface area contributed by atoms with Crippen LogP contribution >= 0.6 is 0 Å². The van der Waals surface area contributed by atoms with Crippen molar-refractivity contribution in [2.24, 2.45) is 5.16 Å². The van der Waals surface area contributed by atoms with Gasteiger partial charge in [-0.15, -0.1) is 5.10 Å². The quantitative estimate of drug-likeness (QED) is 0.863. The van der Waals surface area contributed by atoms with Gasteiger partial charge < -0.3 is 14.0 Å². The molecule has 0 aromatic carbocycles. The van der Waals surface area contributed by atoms with Crippen LogP contribution in [0.3, 0.4) is 0 Å². The van der Waals surface area contributed by atoms with Gasteiger partial charge >= 0.3 is 5.76 Å². The van der Waals surface area contributed by atoms with E-state index in [0.29, 0.717) is 23.6 Å². The third-order valence-electron chi connectivity index (χ3n) is 2.43. The molecule has 1 aliphatic heterocycles. The Labute approximate surface area is 107 Å². The highest BCUT2D eigenvalue weighted by atomic mass is 16.7. The summed E-state index contributed by atoms with van der Waals surface area (Å²) in [6, 6.07) is 1.65. The van der Waals surface area contributed by atoms with E-state index in [9.17, 15) is 4.79 Å². The molecule has 0 saturated carbocycles. The van der Waals surface area contributed by atoms with Crippen LogP contribution in [0.4, 0.5) is 0 Å². The highest BCUT2D eigenvalue weighted by Crippen LogP contribution is 2.21. The Kier molecular flexibility index (Phi) is 2.75. The average Bonchev–Trinajstić information content (AvgIpc) is 2.99. The van der Waals surface area contributed by atoms with E-state index >= 15 is 0 Å². The van der Waals surface area contributed by atoms with Crippen molar-refractivity contribution in [1.82, 2.24) is 15.2 Å². The lowest BCUT2D eigenvalue weighted by molar-refractivity contribution is 0.0992. The predicted molar refractivity (Wildman–Crippen MR) is 63.6 cm³/mol. The van der Waals surface area contributed by atoms with Gasteiger partial charge in [0.25, 0.3) is 5.89 Å². The SMILES string of the molecule is CC1CC(Oc2cncc(-c3n[nH]c(=O)o3)c2)=NO1.